The minimum Gasteiger partial charge on any atom is -0.593 e. The smallest absolute Gasteiger partial charge is 0.291 e. The van der Waals surface area contributed by atoms with Crippen molar-refractivity contribution in [2.75, 3.05) is 13.2 Å². The average molecular weight is 503 g/mol. The van der Waals surface area contributed by atoms with Crippen LogP contribution in [-0.2, 0) is 16.1 Å². The molecule has 3 aliphatic rings. The van der Waals surface area contributed by atoms with Crippen molar-refractivity contribution in [2.45, 2.75) is 49.0 Å². The summed E-state index contributed by atoms with van der Waals surface area (Å²) in [5, 5.41) is 21.9. The fourth-order valence-electron chi connectivity index (χ4n) is 4.47. The molecule has 8 nitrogen and oxygen atoms in total. The predicted octanol–water partition coefficient (Wildman–Crippen LogP) is 4.07. The van der Waals surface area contributed by atoms with Crippen LogP contribution in [0.25, 0.3) is 21.6 Å². The van der Waals surface area contributed by atoms with Gasteiger partial charge in [-0.05, 0) is 43.2 Å². The summed E-state index contributed by atoms with van der Waals surface area (Å²) in [6, 6.07) is 5.81. The average Bonchev–Trinajstić information content (AvgIpc) is 3.21. The van der Waals surface area contributed by atoms with Gasteiger partial charge < -0.3 is 9.29 Å². The Labute approximate surface area is 200 Å². The molecular weight excluding hydrogens is 482 g/mol. The third kappa shape index (κ3) is 3.72. The fourth-order valence-corrected chi connectivity index (χ4v) is 6.30. The molecule has 0 radical (unpaired) electrons. The Kier molecular flexibility index (Phi) is 5.23. The van der Waals surface area contributed by atoms with Crippen LogP contribution in [0.1, 0.15) is 49.1 Å². The number of benzene rings is 1. The van der Waals surface area contributed by atoms with Crippen LogP contribution in [0.5, 0.6) is 0 Å². The fraction of sp³-hybridized carbons (Fsp3) is 0.455. The van der Waals surface area contributed by atoms with Crippen LogP contribution in [0.4, 0.5) is 8.78 Å². The van der Waals surface area contributed by atoms with Crippen LogP contribution in [0, 0.1) is 16.7 Å². The number of fused-ring (bicyclic) bond motifs is 1. The second-order valence-corrected chi connectivity index (χ2v) is 11.4. The number of hydrogen-bond acceptors (Lipinski definition) is 8. The van der Waals surface area contributed by atoms with E-state index in [2.05, 4.69) is 32.2 Å². The van der Waals surface area contributed by atoms with Gasteiger partial charge in [0.2, 0.25) is 5.13 Å². The maximum absolute atomic E-state index is 13.2. The molecule has 3 heterocycles. The molecule has 6 rings (SSSR count). The molecule has 3 aromatic rings. The van der Waals surface area contributed by atoms with Gasteiger partial charge >= 0.3 is 0 Å². The molecule has 34 heavy (non-hydrogen) atoms. The van der Waals surface area contributed by atoms with Crippen molar-refractivity contribution in [3.63, 3.8) is 0 Å². The van der Waals surface area contributed by atoms with Gasteiger partial charge in [-0.15, -0.1) is 14.9 Å². The summed E-state index contributed by atoms with van der Waals surface area (Å²) in [7, 11) is 0. The number of aromatic nitrogens is 4. The van der Waals surface area contributed by atoms with E-state index >= 15 is 0 Å². The molecule has 176 valence electrons. The topological polar surface area (TPSA) is 112 Å². The van der Waals surface area contributed by atoms with Gasteiger partial charge in [-0.2, -0.15) is 10.4 Å². The number of nitrogens with one attached hydrogen (secondary N) is 1. The lowest BCUT2D eigenvalue weighted by atomic mass is 9.72. The highest BCUT2D eigenvalue weighted by Gasteiger charge is 2.48. The maximum Gasteiger partial charge on any atom is 0.291 e. The van der Waals surface area contributed by atoms with Crippen LogP contribution >= 0.6 is 11.3 Å². The molecule has 1 aliphatic heterocycles. The number of nitrogens with zero attached hydrogens (tertiary/aromatic N) is 5. The highest BCUT2D eigenvalue weighted by Crippen LogP contribution is 2.45. The van der Waals surface area contributed by atoms with E-state index in [9.17, 15) is 18.6 Å². The van der Waals surface area contributed by atoms with Gasteiger partial charge in [0, 0.05) is 22.9 Å². The second-order valence-electron chi connectivity index (χ2n) is 9.17. The zero-order valence-electron chi connectivity index (χ0n) is 18.0. The first-order valence-electron chi connectivity index (χ1n) is 10.9. The Morgan fingerprint density at radius 2 is 2.09 bits per heavy atom. The van der Waals surface area contributed by atoms with Crippen molar-refractivity contribution in [1.29, 1.82) is 5.26 Å². The van der Waals surface area contributed by atoms with Gasteiger partial charge in [0.05, 0.1) is 42.4 Å². The first-order valence-corrected chi connectivity index (χ1v) is 12.9. The first kappa shape index (κ1) is 22.1. The van der Waals surface area contributed by atoms with Crippen LogP contribution in [0.3, 0.4) is 0 Å². The minimum atomic E-state index is -2.72. The quantitative estimate of drug-likeness (QED) is 0.506. The minimum absolute atomic E-state index is 0.214. The van der Waals surface area contributed by atoms with Crippen LogP contribution in [-0.4, -0.2) is 43.3 Å². The summed E-state index contributed by atoms with van der Waals surface area (Å²) in [5.41, 5.74) is 2.11. The van der Waals surface area contributed by atoms with Crippen molar-refractivity contribution in [2.24, 2.45) is 5.41 Å². The Bertz CT molecular complexity index is 1340. The molecule has 2 fully saturated rings. The Balaban J connectivity index is 1.44. The zero-order valence-corrected chi connectivity index (χ0v) is 19.6. The van der Waals surface area contributed by atoms with Gasteiger partial charge in [0.25, 0.3) is 6.43 Å². The second kappa shape index (κ2) is 8.07. The molecule has 0 bridgehead atoms. The van der Waals surface area contributed by atoms with E-state index in [1.807, 2.05) is 6.07 Å². The Morgan fingerprint density at radius 1 is 1.26 bits per heavy atom. The Morgan fingerprint density at radius 3 is 2.68 bits per heavy atom. The van der Waals surface area contributed by atoms with Gasteiger partial charge in [-0.1, -0.05) is 17.4 Å². The number of alkyl halides is 2. The van der Waals surface area contributed by atoms with Crippen molar-refractivity contribution in [3.05, 3.63) is 35.0 Å². The number of allylic oxidation sites excluding steroid dienone is 2. The van der Waals surface area contributed by atoms with Gasteiger partial charge in [-0.3, -0.25) is 0 Å². The molecular formula is C22H20F2N6O2S2. The molecule has 1 N–H and O–H groups in total. The molecule has 1 saturated heterocycles. The van der Waals surface area contributed by atoms with Crippen LogP contribution in [0.2, 0.25) is 0 Å². The van der Waals surface area contributed by atoms with E-state index in [1.165, 1.54) is 4.68 Å². The van der Waals surface area contributed by atoms with Crippen molar-refractivity contribution in [3.8, 4) is 11.2 Å². The molecule has 2 aliphatic carbocycles. The molecule has 0 amide bonds. The van der Waals surface area contributed by atoms with E-state index < -0.39 is 23.3 Å². The maximum atomic E-state index is 13.2. The van der Waals surface area contributed by atoms with Crippen molar-refractivity contribution in [1.82, 2.24) is 24.7 Å². The summed E-state index contributed by atoms with van der Waals surface area (Å²) < 4.78 is 49.2. The van der Waals surface area contributed by atoms with E-state index in [0.717, 1.165) is 60.3 Å². The molecule has 2 aromatic heterocycles. The van der Waals surface area contributed by atoms with Crippen molar-refractivity contribution < 1.29 is 18.1 Å². The van der Waals surface area contributed by atoms with E-state index in [4.69, 9.17) is 4.74 Å². The zero-order chi connectivity index (χ0) is 23.5. The highest BCUT2D eigenvalue weighted by molar-refractivity contribution is 7.89. The normalized spacial score (nSPS) is 21.3. The van der Waals surface area contributed by atoms with Gasteiger partial charge in [0.15, 0.2) is 9.90 Å². The summed E-state index contributed by atoms with van der Waals surface area (Å²) >= 11 is -0.863. The predicted molar refractivity (Wildman–Crippen MR) is 122 cm³/mol. The number of ether oxygens (including phenoxy) is 1. The monoisotopic (exact) mass is 502 g/mol. The molecule has 12 heteroatoms. The highest BCUT2D eigenvalue weighted by atomic mass is 32.2. The molecule has 1 unspecified atom stereocenters. The number of halogens is 2. The molecule has 1 aromatic carbocycles. The molecule has 1 saturated carbocycles. The third-order valence-corrected chi connectivity index (χ3v) is 8.94. The van der Waals surface area contributed by atoms with E-state index in [0.29, 0.717) is 23.3 Å². The number of hydrogen-bond donors (Lipinski definition) is 1. The molecule has 1 spiro atoms. The SMILES string of the molecule is N#CC1(N[S+]([O-])c2cc(C3=CCC4(CC3)COC4)c3cnn(-c4nnc(C(F)F)s4)c3c2)CC1. The lowest BCUT2D eigenvalue weighted by molar-refractivity contribution is -0.116. The van der Waals surface area contributed by atoms with E-state index in [1.54, 1.807) is 12.3 Å². The first-order chi connectivity index (χ1) is 16.4. The lowest BCUT2D eigenvalue weighted by Gasteiger charge is -2.43. The number of rotatable bonds is 6. The van der Waals surface area contributed by atoms with Crippen molar-refractivity contribution >= 4 is 39.2 Å². The number of nitriles is 1. The lowest BCUT2D eigenvalue weighted by Crippen LogP contribution is -2.43. The van der Waals surface area contributed by atoms with E-state index in [-0.39, 0.29) is 15.6 Å². The molecule has 1 atom stereocenters. The van der Waals surface area contributed by atoms with Gasteiger partial charge in [0.1, 0.15) is 5.54 Å². The summed E-state index contributed by atoms with van der Waals surface area (Å²) in [6.45, 7) is 1.55. The van der Waals surface area contributed by atoms with Crippen LogP contribution in [0.15, 0.2) is 29.3 Å². The Hall–Kier alpha value is -2.43. The summed E-state index contributed by atoms with van der Waals surface area (Å²) in [4.78, 5) is 0.498. The standard InChI is InChI=1S/C22H20F2N6O2S2/c23-18(24)19-27-28-20(33-19)30-17-8-14(34(31)29-22(10-25)5-6-22)7-15(16(17)9-26-30)13-1-3-21(4-2-13)11-32-12-21/h1,7-9,18,29H,2-6,11-12H2. The van der Waals surface area contributed by atoms with Crippen LogP contribution < -0.4 is 4.72 Å². The van der Waals surface area contributed by atoms with Gasteiger partial charge in [-0.25, -0.2) is 13.5 Å². The largest absolute Gasteiger partial charge is 0.593 e. The third-order valence-electron chi connectivity index (χ3n) is 6.79. The summed E-state index contributed by atoms with van der Waals surface area (Å²) in [5.74, 6) is 0. The summed E-state index contributed by atoms with van der Waals surface area (Å²) in [6.07, 6.45) is 5.26.